The van der Waals surface area contributed by atoms with Gasteiger partial charge in [-0.3, -0.25) is 4.79 Å². The molecule has 1 aliphatic rings. The van der Waals surface area contributed by atoms with Gasteiger partial charge in [0.1, 0.15) is 0 Å². The first-order valence-corrected chi connectivity index (χ1v) is 8.12. The number of unbranched alkanes of at least 4 members (excludes halogenated alkanes) is 1. The quantitative estimate of drug-likeness (QED) is 0.814. The summed E-state index contributed by atoms with van der Waals surface area (Å²) >= 11 is 0. The second kappa shape index (κ2) is 7.08. The second-order valence-corrected chi connectivity index (χ2v) is 6.85. The minimum atomic E-state index is 0.209. The van der Waals surface area contributed by atoms with Gasteiger partial charge in [0.05, 0.1) is 0 Å². The normalized spacial score (nSPS) is 15.8. The van der Waals surface area contributed by atoms with E-state index in [1.54, 1.807) is 0 Å². The minimum Gasteiger partial charge on any atom is -0.330 e. The summed E-state index contributed by atoms with van der Waals surface area (Å²) in [4.78, 5) is 14.3. The predicted octanol–water partition coefficient (Wildman–Crippen LogP) is 3.51. The van der Waals surface area contributed by atoms with Crippen LogP contribution in [0.25, 0.3) is 0 Å². The highest BCUT2D eigenvalue weighted by molar-refractivity contribution is 5.94. The van der Waals surface area contributed by atoms with Gasteiger partial charge in [-0.05, 0) is 49.3 Å². The van der Waals surface area contributed by atoms with Crippen LogP contribution in [0.2, 0.25) is 0 Å². The number of carbonyl (C=O) groups is 1. The van der Waals surface area contributed by atoms with Crippen LogP contribution in [0.5, 0.6) is 0 Å². The van der Waals surface area contributed by atoms with E-state index in [9.17, 15) is 4.79 Å². The van der Waals surface area contributed by atoms with Crippen LogP contribution < -0.4 is 10.6 Å². The van der Waals surface area contributed by atoms with E-state index in [4.69, 9.17) is 5.73 Å². The van der Waals surface area contributed by atoms with Gasteiger partial charge in [0.25, 0.3) is 0 Å². The highest BCUT2D eigenvalue weighted by Crippen LogP contribution is 2.28. The van der Waals surface area contributed by atoms with Crippen molar-refractivity contribution < 1.29 is 4.79 Å². The number of amides is 1. The zero-order valence-corrected chi connectivity index (χ0v) is 13.4. The number of rotatable bonds is 6. The molecule has 116 valence electrons. The number of fused-ring (bicyclic) bond motifs is 1. The molecule has 3 nitrogen and oxygen atoms in total. The van der Waals surface area contributed by atoms with Gasteiger partial charge in [0.2, 0.25) is 5.91 Å². The monoisotopic (exact) mass is 288 g/mol. The summed E-state index contributed by atoms with van der Waals surface area (Å²) in [6.45, 7) is 5.97. The van der Waals surface area contributed by atoms with E-state index in [0.717, 1.165) is 50.9 Å². The summed E-state index contributed by atoms with van der Waals surface area (Å²) in [5.74, 6) is 0.276. The molecule has 1 aromatic carbocycles. The number of nitrogens with zero attached hydrogens (tertiary/aromatic N) is 1. The minimum absolute atomic E-state index is 0.209. The van der Waals surface area contributed by atoms with E-state index in [-0.39, 0.29) is 11.3 Å². The zero-order chi connectivity index (χ0) is 15.3. The van der Waals surface area contributed by atoms with Crippen LogP contribution in [-0.4, -0.2) is 19.0 Å². The van der Waals surface area contributed by atoms with Crippen molar-refractivity contribution >= 4 is 11.6 Å². The van der Waals surface area contributed by atoms with E-state index in [1.165, 1.54) is 5.56 Å². The summed E-state index contributed by atoms with van der Waals surface area (Å²) in [5.41, 5.74) is 8.42. The van der Waals surface area contributed by atoms with Gasteiger partial charge < -0.3 is 10.6 Å². The van der Waals surface area contributed by atoms with E-state index in [0.29, 0.717) is 6.42 Å². The van der Waals surface area contributed by atoms with Gasteiger partial charge in [-0.25, -0.2) is 0 Å². The molecule has 1 aromatic rings. The highest BCUT2D eigenvalue weighted by atomic mass is 16.2. The fourth-order valence-corrected chi connectivity index (χ4v) is 2.91. The summed E-state index contributed by atoms with van der Waals surface area (Å²) < 4.78 is 0. The Morgan fingerprint density at radius 2 is 1.95 bits per heavy atom. The third-order valence-corrected chi connectivity index (χ3v) is 4.46. The van der Waals surface area contributed by atoms with Gasteiger partial charge >= 0.3 is 0 Å². The molecule has 0 saturated heterocycles. The molecule has 0 unspecified atom stereocenters. The first-order valence-electron chi connectivity index (χ1n) is 8.12. The smallest absolute Gasteiger partial charge is 0.226 e. The number of nitrogens with two attached hydrogens (primary N) is 1. The largest absolute Gasteiger partial charge is 0.330 e. The highest BCUT2D eigenvalue weighted by Gasteiger charge is 2.22. The Morgan fingerprint density at radius 1 is 1.19 bits per heavy atom. The first-order chi connectivity index (χ1) is 10.0. The number of benzene rings is 1. The first kappa shape index (κ1) is 16.0. The molecule has 0 aromatic heterocycles. The van der Waals surface area contributed by atoms with Gasteiger partial charge in [-0.15, -0.1) is 0 Å². The number of hydrogen-bond donors (Lipinski definition) is 1. The van der Waals surface area contributed by atoms with Crippen molar-refractivity contribution in [2.45, 2.75) is 52.4 Å². The van der Waals surface area contributed by atoms with Crippen LogP contribution in [0, 0.1) is 5.41 Å². The molecule has 1 amide bonds. The van der Waals surface area contributed by atoms with Crippen molar-refractivity contribution in [1.29, 1.82) is 0 Å². The van der Waals surface area contributed by atoms with Crippen LogP contribution in [0.15, 0.2) is 24.3 Å². The maximum atomic E-state index is 12.3. The summed E-state index contributed by atoms with van der Waals surface area (Å²) in [6, 6.07) is 8.33. The third-order valence-electron chi connectivity index (χ3n) is 4.46. The van der Waals surface area contributed by atoms with Crippen LogP contribution in [0.4, 0.5) is 5.69 Å². The summed E-state index contributed by atoms with van der Waals surface area (Å²) in [5, 5.41) is 0. The lowest BCUT2D eigenvalue weighted by Crippen LogP contribution is -2.31. The van der Waals surface area contributed by atoms with E-state index >= 15 is 0 Å². The molecule has 1 aliphatic heterocycles. The summed E-state index contributed by atoms with van der Waals surface area (Å²) in [7, 11) is 0. The molecule has 0 fully saturated rings. The number of carbonyl (C=O) groups excluding carboxylic acids is 1. The molecule has 0 radical (unpaired) electrons. The zero-order valence-electron chi connectivity index (χ0n) is 13.4. The summed E-state index contributed by atoms with van der Waals surface area (Å²) in [6.07, 6.45) is 5.93. The molecule has 2 N–H and O–H groups in total. The maximum absolute atomic E-state index is 12.3. The Hall–Kier alpha value is -1.35. The Balaban J connectivity index is 1.96. The molecule has 2 rings (SSSR count). The fraction of sp³-hybridized carbons (Fsp3) is 0.611. The van der Waals surface area contributed by atoms with E-state index in [2.05, 4.69) is 32.0 Å². The van der Waals surface area contributed by atoms with Crippen molar-refractivity contribution in [1.82, 2.24) is 0 Å². The predicted molar refractivity (Wildman–Crippen MR) is 88.4 cm³/mol. The van der Waals surface area contributed by atoms with Crippen LogP contribution in [-0.2, 0) is 11.2 Å². The molecule has 0 saturated carbocycles. The molecule has 0 aliphatic carbocycles. The van der Waals surface area contributed by atoms with Crippen molar-refractivity contribution in [2.24, 2.45) is 11.1 Å². The molecular weight excluding hydrogens is 260 g/mol. The Bertz CT molecular complexity index is 482. The average Bonchev–Trinajstić information content (AvgIpc) is 2.63. The fourth-order valence-electron chi connectivity index (χ4n) is 2.91. The van der Waals surface area contributed by atoms with Crippen molar-refractivity contribution in [3.05, 3.63) is 29.8 Å². The van der Waals surface area contributed by atoms with Crippen LogP contribution in [0.1, 0.15) is 51.5 Å². The molecule has 3 heteroatoms. The molecule has 0 bridgehead atoms. The molecule has 21 heavy (non-hydrogen) atoms. The average molecular weight is 288 g/mol. The van der Waals surface area contributed by atoms with Crippen molar-refractivity contribution in [3.8, 4) is 0 Å². The standard InChI is InChI=1S/C18H28N2O/c1-18(2,14-19)12-5-6-13-20-16-10-4-3-8-15(16)9-7-11-17(20)21/h3-4,8,10H,5-7,9,11-14,19H2,1-2H3. The second-order valence-electron chi connectivity index (χ2n) is 6.85. The molecule has 0 spiro atoms. The maximum Gasteiger partial charge on any atom is 0.226 e. The van der Waals surface area contributed by atoms with Crippen LogP contribution in [0.3, 0.4) is 0 Å². The number of anilines is 1. The lowest BCUT2D eigenvalue weighted by Gasteiger charge is -2.25. The third kappa shape index (κ3) is 4.31. The lowest BCUT2D eigenvalue weighted by molar-refractivity contribution is -0.118. The van der Waals surface area contributed by atoms with Gasteiger partial charge in [-0.1, -0.05) is 38.5 Å². The molecular formula is C18H28N2O. The number of para-hydroxylation sites is 1. The molecule has 1 heterocycles. The topological polar surface area (TPSA) is 46.3 Å². The number of hydrogen-bond acceptors (Lipinski definition) is 2. The lowest BCUT2D eigenvalue weighted by atomic mass is 9.87. The van der Waals surface area contributed by atoms with E-state index in [1.807, 2.05) is 11.0 Å². The van der Waals surface area contributed by atoms with Crippen molar-refractivity contribution in [2.75, 3.05) is 18.0 Å². The van der Waals surface area contributed by atoms with Crippen LogP contribution >= 0.6 is 0 Å². The Labute approximate surface area is 128 Å². The Kier molecular flexibility index (Phi) is 5.40. The van der Waals surface area contributed by atoms with E-state index < -0.39 is 0 Å². The van der Waals surface area contributed by atoms with Crippen molar-refractivity contribution in [3.63, 3.8) is 0 Å². The van der Waals surface area contributed by atoms with Gasteiger partial charge in [0, 0.05) is 18.7 Å². The van der Waals surface area contributed by atoms with Gasteiger partial charge in [0.15, 0.2) is 0 Å². The molecule has 0 atom stereocenters. The Morgan fingerprint density at radius 3 is 2.71 bits per heavy atom. The SMILES string of the molecule is CC(C)(CN)CCCCN1C(=O)CCCc2ccccc21. The number of aryl methyl sites for hydroxylation is 1. The van der Waals surface area contributed by atoms with Gasteiger partial charge in [-0.2, -0.15) is 0 Å².